The molecule has 1 aliphatic rings. The molecule has 27 heavy (non-hydrogen) atoms. The maximum atomic E-state index is 6.53. The molecule has 1 aromatic carbocycles. The molecule has 1 fully saturated rings. The van der Waals surface area contributed by atoms with Crippen LogP contribution in [0.15, 0.2) is 30.6 Å². The Balaban J connectivity index is 1.52. The van der Waals surface area contributed by atoms with Crippen LogP contribution in [0.5, 0.6) is 0 Å². The molecule has 4 rings (SSSR count). The van der Waals surface area contributed by atoms with Crippen LogP contribution >= 0.6 is 22.9 Å². The van der Waals surface area contributed by atoms with Gasteiger partial charge in [0.25, 0.3) is 0 Å². The summed E-state index contributed by atoms with van der Waals surface area (Å²) >= 11 is 8.09. The van der Waals surface area contributed by atoms with Crippen molar-refractivity contribution in [1.82, 2.24) is 25.3 Å². The number of ether oxygens (including phenoxy) is 1. The predicted molar refractivity (Wildman–Crippen MR) is 108 cm³/mol. The summed E-state index contributed by atoms with van der Waals surface area (Å²) in [5, 5.41) is 18.0. The Labute approximate surface area is 166 Å². The van der Waals surface area contributed by atoms with Gasteiger partial charge in [-0.25, -0.2) is 0 Å². The zero-order valence-electron chi connectivity index (χ0n) is 15.2. The summed E-state index contributed by atoms with van der Waals surface area (Å²) in [6, 6.07) is 5.95. The molecule has 0 spiro atoms. The molecule has 9 heteroatoms. The van der Waals surface area contributed by atoms with Gasteiger partial charge >= 0.3 is 0 Å². The van der Waals surface area contributed by atoms with Crippen molar-refractivity contribution in [1.29, 1.82) is 0 Å². The molecule has 1 atom stereocenters. The lowest BCUT2D eigenvalue weighted by Crippen LogP contribution is -2.46. The molecule has 2 aromatic heterocycles. The van der Waals surface area contributed by atoms with Crippen molar-refractivity contribution in [3.05, 3.63) is 35.6 Å². The Morgan fingerprint density at radius 3 is 2.96 bits per heavy atom. The second-order valence-electron chi connectivity index (χ2n) is 6.77. The lowest BCUT2D eigenvalue weighted by molar-refractivity contribution is 0.0247. The van der Waals surface area contributed by atoms with Crippen LogP contribution in [0.25, 0.3) is 21.7 Å². The van der Waals surface area contributed by atoms with Crippen molar-refractivity contribution in [3.63, 3.8) is 0 Å². The highest BCUT2D eigenvalue weighted by Crippen LogP contribution is 2.36. The van der Waals surface area contributed by atoms with E-state index in [-0.39, 0.29) is 6.10 Å². The van der Waals surface area contributed by atoms with Crippen LogP contribution in [0.4, 0.5) is 5.13 Å². The number of morpholine rings is 1. The Bertz CT molecular complexity index is 897. The van der Waals surface area contributed by atoms with E-state index < -0.39 is 0 Å². The van der Waals surface area contributed by atoms with Gasteiger partial charge in [0.2, 0.25) is 5.13 Å². The van der Waals surface area contributed by atoms with Crippen LogP contribution < -0.4 is 4.90 Å². The Morgan fingerprint density at radius 1 is 1.33 bits per heavy atom. The Morgan fingerprint density at radius 2 is 2.22 bits per heavy atom. The maximum absolute atomic E-state index is 6.53. The number of H-pyrrole nitrogens is 1. The number of hydrogen-bond acceptors (Lipinski definition) is 7. The average Bonchev–Trinajstić information content (AvgIpc) is 3.33. The zero-order chi connectivity index (χ0) is 18.8. The fourth-order valence-electron chi connectivity index (χ4n) is 3.14. The Kier molecular flexibility index (Phi) is 5.40. The molecule has 0 amide bonds. The van der Waals surface area contributed by atoms with Gasteiger partial charge in [-0.2, -0.15) is 5.10 Å². The fourth-order valence-corrected chi connectivity index (χ4v) is 4.38. The van der Waals surface area contributed by atoms with E-state index in [0.717, 1.165) is 46.5 Å². The lowest BCUT2D eigenvalue weighted by atomic mass is 10.1. The molecule has 1 aliphatic heterocycles. The van der Waals surface area contributed by atoms with E-state index in [1.165, 1.54) is 0 Å². The molecule has 0 unspecified atom stereocenters. The van der Waals surface area contributed by atoms with Crippen molar-refractivity contribution in [2.75, 3.05) is 45.2 Å². The summed E-state index contributed by atoms with van der Waals surface area (Å²) in [5.41, 5.74) is 2.91. The fraction of sp³-hybridized carbons (Fsp3) is 0.389. The summed E-state index contributed by atoms with van der Waals surface area (Å²) in [7, 11) is 4.11. The summed E-state index contributed by atoms with van der Waals surface area (Å²) < 4.78 is 5.84. The van der Waals surface area contributed by atoms with E-state index in [1.54, 1.807) is 17.5 Å². The van der Waals surface area contributed by atoms with E-state index in [2.05, 4.69) is 44.3 Å². The average molecular weight is 405 g/mol. The zero-order valence-corrected chi connectivity index (χ0v) is 16.8. The van der Waals surface area contributed by atoms with Gasteiger partial charge < -0.3 is 14.5 Å². The van der Waals surface area contributed by atoms with Gasteiger partial charge in [0.05, 0.1) is 23.9 Å². The SMILES string of the molecule is CN(C)C[C@@H]1CN(c2nnc(-c3ccc(-c4cn[nH]c4)cc3Cl)s2)CCO1. The number of likely N-dealkylation sites (N-methyl/N-ethyl adjacent to an activating group) is 1. The first-order valence-electron chi connectivity index (χ1n) is 8.74. The first-order valence-corrected chi connectivity index (χ1v) is 9.93. The second kappa shape index (κ2) is 7.93. The quantitative estimate of drug-likeness (QED) is 0.704. The van der Waals surface area contributed by atoms with Crippen LogP contribution in [0.3, 0.4) is 0 Å². The molecule has 0 bridgehead atoms. The molecule has 7 nitrogen and oxygen atoms in total. The van der Waals surface area contributed by atoms with Gasteiger partial charge in [-0.05, 0) is 31.8 Å². The van der Waals surface area contributed by atoms with Crippen LogP contribution in [-0.2, 0) is 4.74 Å². The second-order valence-corrected chi connectivity index (χ2v) is 8.14. The first kappa shape index (κ1) is 18.4. The molecular weight excluding hydrogens is 384 g/mol. The third-order valence-electron chi connectivity index (χ3n) is 4.42. The third kappa shape index (κ3) is 4.14. The molecule has 1 N–H and O–H groups in total. The molecule has 0 aliphatic carbocycles. The highest BCUT2D eigenvalue weighted by Gasteiger charge is 2.24. The van der Waals surface area contributed by atoms with Crippen molar-refractivity contribution in [3.8, 4) is 21.7 Å². The largest absolute Gasteiger partial charge is 0.373 e. The van der Waals surface area contributed by atoms with Crippen molar-refractivity contribution in [2.45, 2.75) is 6.10 Å². The number of aromatic amines is 1. The first-order chi connectivity index (χ1) is 13.1. The summed E-state index contributed by atoms with van der Waals surface area (Å²) in [6.45, 7) is 3.24. The number of nitrogens with zero attached hydrogens (tertiary/aromatic N) is 5. The summed E-state index contributed by atoms with van der Waals surface area (Å²) in [5.74, 6) is 0. The van der Waals surface area contributed by atoms with Gasteiger partial charge in [0.15, 0.2) is 5.01 Å². The maximum Gasteiger partial charge on any atom is 0.208 e. The minimum absolute atomic E-state index is 0.180. The van der Waals surface area contributed by atoms with Gasteiger partial charge in [-0.15, -0.1) is 10.2 Å². The number of anilines is 1. The van der Waals surface area contributed by atoms with Gasteiger partial charge in [0.1, 0.15) is 0 Å². The van der Waals surface area contributed by atoms with Crippen molar-refractivity contribution >= 4 is 28.1 Å². The molecule has 3 aromatic rings. The van der Waals surface area contributed by atoms with Gasteiger partial charge in [-0.1, -0.05) is 29.0 Å². The number of hydrogen-bond donors (Lipinski definition) is 1. The predicted octanol–water partition coefficient (Wildman–Crippen LogP) is 3.02. The minimum atomic E-state index is 0.180. The van der Waals surface area contributed by atoms with E-state index in [0.29, 0.717) is 11.6 Å². The highest BCUT2D eigenvalue weighted by molar-refractivity contribution is 7.18. The number of benzene rings is 1. The number of halogens is 1. The standard InChI is InChI=1S/C18H21ClN6OS/c1-24(2)10-14-11-25(5-6-26-14)18-23-22-17(27-18)15-4-3-12(7-16(15)19)13-8-20-21-9-13/h3-4,7-9,14H,5-6,10-11H2,1-2H3,(H,20,21)/t14-/m1/s1. The monoisotopic (exact) mass is 404 g/mol. The summed E-state index contributed by atoms with van der Waals surface area (Å²) in [6.07, 6.45) is 3.80. The van der Waals surface area contributed by atoms with Crippen LogP contribution in [0.2, 0.25) is 5.02 Å². The minimum Gasteiger partial charge on any atom is -0.373 e. The topological polar surface area (TPSA) is 70.2 Å². The molecular formula is C18H21ClN6OS. The number of rotatable bonds is 5. The molecule has 142 valence electrons. The normalized spacial score (nSPS) is 17.6. The molecule has 1 saturated heterocycles. The van der Waals surface area contributed by atoms with Gasteiger partial charge in [-0.3, -0.25) is 5.10 Å². The molecule has 0 saturated carbocycles. The van der Waals surface area contributed by atoms with Gasteiger partial charge in [0, 0.05) is 37.0 Å². The summed E-state index contributed by atoms with van der Waals surface area (Å²) in [4.78, 5) is 4.38. The lowest BCUT2D eigenvalue weighted by Gasteiger charge is -2.33. The van der Waals surface area contributed by atoms with E-state index in [1.807, 2.05) is 24.4 Å². The van der Waals surface area contributed by atoms with Crippen LogP contribution in [0.1, 0.15) is 0 Å². The van der Waals surface area contributed by atoms with E-state index in [4.69, 9.17) is 16.3 Å². The highest BCUT2D eigenvalue weighted by atomic mass is 35.5. The number of nitrogens with one attached hydrogen (secondary N) is 1. The van der Waals surface area contributed by atoms with E-state index >= 15 is 0 Å². The van der Waals surface area contributed by atoms with Crippen LogP contribution in [-0.4, -0.2) is 71.7 Å². The number of aromatic nitrogens is 4. The third-order valence-corrected chi connectivity index (χ3v) is 5.75. The smallest absolute Gasteiger partial charge is 0.208 e. The van der Waals surface area contributed by atoms with Crippen molar-refractivity contribution < 1.29 is 4.74 Å². The van der Waals surface area contributed by atoms with Crippen LogP contribution in [0, 0.1) is 0 Å². The van der Waals surface area contributed by atoms with E-state index in [9.17, 15) is 0 Å². The molecule has 0 radical (unpaired) electrons. The Hall–Kier alpha value is -2.00. The molecule has 3 heterocycles. The van der Waals surface area contributed by atoms with Crippen molar-refractivity contribution in [2.24, 2.45) is 0 Å².